The van der Waals surface area contributed by atoms with Gasteiger partial charge in [0, 0.05) is 24.2 Å². The maximum Gasteiger partial charge on any atom is 0.203 e. The molecule has 2 aromatic carbocycles. The topological polar surface area (TPSA) is 58.5 Å². The third kappa shape index (κ3) is 4.42. The van der Waals surface area contributed by atoms with E-state index >= 15 is 0 Å². The molecular formula is C23H29NO5. The number of hydrogen-bond donors (Lipinski definition) is 0. The van der Waals surface area contributed by atoms with Crippen molar-refractivity contribution in [1.82, 2.24) is 0 Å². The zero-order chi connectivity index (χ0) is 21.0. The first kappa shape index (κ1) is 20.8. The lowest BCUT2D eigenvalue weighted by atomic mass is 9.93. The van der Waals surface area contributed by atoms with E-state index in [0.717, 1.165) is 41.3 Å². The van der Waals surface area contributed by atoms with Crippen LogP contribution >= 0.6 is 0 Å². The molecule has 0 saturated heterocycles. The molecule has 6 heteroatoms. The van der Waals surface area contributed by atoms with Crippen molar-refractivity contribution in [3.8, 4) is 28.7 Å². The average Bonchev–Trinajstić information content (AvgIpc) is 2.72. The SMILES string of the molecule is COc1cc2c(cc1OC(C)C)CCN=C2Cc1cc(OC)c(OC)c(OC)c1. The second kappa shape index (κ2) is 9.07. The van der Waals surface area contributed by atoms with Gasteiger partial charge in [0.15, 0.2) is 23.0 Å². The molecular weight excluding hydrogens is 370 g/mol. The zero-order valence-corrected chi connectivity index (χ0v) is 18.0. The van der Waals surface area contributed by atoms with Gasteiger partial charge in [0.25, 0.3) is 0 Å². The summed E-state index contributed by atoms with van der Waals surface area (Å²) < 4.78 is 27.9. The zero-order valence-electron chi connectivity index (χ0n) is 18.0. The summed E-state index contributed by atoms with van der Waals surface area (Å²) in [6, 6.07) is 8.04. The van der Waals surface area contributed by atoms with E-state index in [2.05, 4.69) is 6.07 Å². The van der Waals surface area contributed by atoms with Crippen LogP contribution in [0.2, 0.25) is 0 Å². The summed E-state index contributed by atoms with van der Waals surface area (Å²) in [5, 5.41) is 0. The number of fused-ring (bicyclic) bond motifs is 1. The Bertz CT molecular complexity index is 879. The molecule has 156 valence electrons. The van der Waals surface area contributed by atoms with Crippen LogP contribution in [0.15, 0.2) is 29.3 Å². The van der Waals surface area contributed by atoms with Crippen LogP contribution in [0.5, 0.6) is 28.7 Å². The van der Waals surface area contributed by atoms with Crippen molar-refractivity contribution >= 4 is 5.71 Å². The minimum atomic E-state index is 0.0814. The molecule has 1 heterocycles. The van der Waals surface area contributed by atoms with E-state index in [1.54, 1.807) is 28.4 Å². The fourth-order valence-electron chi connectivity index (χ4n) is 3.56. The maximum atomic E-state index is 5.93. The van der Waals surface area contributed by atoms with Gasteiger partial charge in [-0.25, -0.2) is 0 Å². The molecule has 29 heavy (non-hydrogen) atoms. The lowest BCUT2D eigenvalue weighted by Gasteiger charge is -2.22. The highest BCUT2D eigenvalue weighted by Crippen LogP contribution is 2.39. The smallest absolute Gasteiger partial charge is 0.203 e. The molecule has 3 rings (SSSR count). The van der Waals surface area contributed by atoms with Gasteiger partial charge in [-0.2, -0.15) is 0 Å². The maximum absolute atomic E-state index is 5.93. The Morgan fingerprint density at radius 1 is 0.828 bits per heavy atom. The summed E-state index contributed by atoms with van der Waals surface area (Å²) in [7, 11) is 6.50. The highest BCUT2D eigenvalue weighted by Gasteiger charge is 2.21. The predicted octanol–water partition coefficient (Wildman–Crippen LogP) is 4.10. The predicted molar refractivity (Wildman–Crippen MR) is 114 cm³/mol. The summed E-state index contributed by atoms with van der Waals surface area (Å²) in [5.41, 5.74) is 4.36. The Hall–Kier alpha value is -2.89. The molecule has 0 unspecified atom stereocenters. The molecule has 0 spiro atoms. The van der Waals surface area contributed by atoms with E-state index in [-0.39, 0.29) is 6.10 Å². The van der Waals surface area contributed by atoms with E-state index < -0.39 is 0 Å². The van der Waals surface area contributed by atoms with E-state index in [1.807, 2.05) is 32.0 Å². The molecule has 6 nitrogen and oxygen atoms in total. The van der Waals surface area contributed by atoms with Crippen LogP contribution in [0.1, 0.15) is 30.5 Å². The summed E-state index contributed by atoms with van der Waals surface area (Å²) in [4.78, 5) is 4.79. The van der Waals surface area contributed by atoms with Crippen molar-refractivity contribution < 1.29 is 23.7 Å². The van der Waals surface area contributed by atoms with Gasteiger partial charge >= 0.3 is 0 Å². The molecule has 0 aliphatic carbocycles. The third-order valence-electron chi connectivity index (χ3n) is 4.84. The number of ether oxygens (including phenoxy) is 5. The minimum Gasteiger partial charge on any atom is -0.493 e. The quantitative estimate of drug-likeness (QED) is 0.669. The molecule has 0 amide bonds. The van der Waals surface area contributed by atoms with Crippen molar-refractivity contribution in [1.29, 1.82) is 0 Å². The van der Waals surface area contributed by atoms with Gasteiger partial charge in [0.1, 0.15) is 0 Å². The van der Waals surface area contributed by atoms with Crippen LogP contribution in [0, 0.1) is 0 Å². The van der Waals surface area contributed by atoms with Gasteiger partial charge in [0.2, 0.25) is 5.75 Å². The molecule has 0 atom stereocenters. The Morgan fingerprint density at radius 2 is 1.48 bits per heavy atom. The third-order valence-corrected chi connectivity index (χ3v) is 4.84. The fraction of sp³-hybridized carbons (Fsp3) is 0.435. The number of nitrogens with zero attached hydrogens (tertiary/aromatic N) is 1. The average molecular weight is 399 g/mol. The second-order valence-corrected chi connectivity index (χ2v) is 7.12. The Labute approximate surface area is 172 Å². The first-order chi connectivity index (χ1) is 14.0. The van der Waals surface area contributed by atoms with E-state index in [1.165, 1.54) is 5.56 Å². The first-order valence-corrected chi connectivity index (χ1v) is 9.70. The van der Waals surface area contributed by atoms with E-state index in [0.29, 0.717) is 23.7 Å². The molecule has 0 aromatic heterocycles. The molecule has 0 bridgehead atoms. The number of rotatable bonds is 8. The van der Waals surface area contributed by atoms with Crippen LogP contribution < -0.4 is 23.7 Å². The van der Waals surface area contributed by atoms with Crippen LogP contribution in [0.25, 0.3) is 0 Å². The Kier molecular flexibility index (Phi) is 6.52. The number of hydrogen-bond acceptors (Lipinski definition) is 6. The standard InChI is InChI=1S/C23H29NO5/c1-14(2)29-20-12-16-7-8-24-18(17(16)13-19(20)25-3)9-15-10-21(26-4)23(28-6)22(11-15)27-5/h10-14H,7-9H2,1-6H3. The fourth-order valence-corrected chi connectivity index (χ4v) is 3.56. The molecule has 0 N–H and O–H groups in total. The Morgan fingerprint density at radius 3 is 2.03 bits per heavy atom. The summed E-state index contributed by atoms with van der Waals surface area (Å²) in [6.07, 6.45) is 1.61. The van der Waals surface area contributed by atoms with Gasteiger partial charge in [-0.1, -0.05) is 0 Å². The highest BCUT2D eigenvalue weighted by atomic mass is 16.5. The van der Waals surface area contributed by atoms with Gasteiger partial charge < -0.3 is 23.7 Å². The molecule has 0 saturated carbocycles. The van der Waals surface area contributed by atoms with Gasteiger partial charge in [-0.3, -0.25) is 4.99 Å². The molecule has 0 fully saturated rings. The van der Waals surface area contributed by atoms with Crippen molar-refractivity contribution in [2.24, 2.45) is 4.99 Å². The van der Waals surface area contributed by atoms with Gasteiger partial charge in [0.05, 0.1) is 34.5 Å². The Balaban J connectivity index is 1.97. The molecule has 2 aromatic rings. The van der Waals surface area contributed by atoms with E-state index in [9.17, 15) is 0 Å². The van der Waals surface area contributed by atoms with Gasteiger partial charge in [-0.05, 0) is 55.7 Å². The summed E-state index contributed by atoms with van der Waals surface area (Å²) in [5.74, 6) is 3.35. The van der Waals surface area contributed by atoms with Gasteiger partial charge in [-0.15, -0.1) is 0 Å². The normalized spacial score (nSPS) is 12.9. The lowest BCUT2D eigenvalue weighted by Crippen LogP contribution is -2.17. The second-order valence-electron chi connectivity index (χ2n) is 7.12. The molecule has 1 aliphatic rings. The number of aliphatic imine (C=N–C) groups is 1. The van der Waals surface area contributed by atoms with Crippen molar-refractivity contribution in [3.63, 3.8) is 0 Å². The number of benzene rings is 2. The summed E-state index contributed by atoms with van der Waals surface area (Å²) >= 11 is 0. The lowest BCUT2D eigenvalue weighted by molar-refractivity contribution is 0.230. The van der Waals surface area contributed by atoms with Crippen LogP contribution in [0.3, 0.4) is 0 Å². The van der Waals surface area contributed by atoms with Crippen molar-refractivity contribution in [2.75, 3.05) is 35.0 Å². The summed E-state index contributed by atoms with van der Waals surface area (Å²) in [6.45, 7) is 4.77. The molecule has 0 radical (unpaired) electrons. The van der Waals surface area contributed by atoms with Crippen LogP contribution in [0.4, 0.5) is 0 Å². The highest BCUT2D eigenvalue weighted by molar-refractivity contribution is 6.04. The monoisotopic (exact) mass is 399 g/mol. The van der Waals surface area contributed by atoms with Crippen LogP contribution in [-0.2, 0) is 12.8 Å². The molecule has 1 aliphatic heterocycles. The minimum absolute atomic E-state index is 0.0814. The van der Waals surface area contributed by atoms with Crippen molar-refractivity contribution in [2.45, 2.75) is 32.8 Å². The largest absolute Gasteiger partial charge is 0.493 e. The first-order valence-electron chi connectivity index (χ1n) is 9.70. The van der Waals surface area contributed by atoms with E-state index in [4.69, 9.17) is 28.7 Å². The van der Waals surface area contributed by atoms with Crippen molar-refractivity contribution in [3.05, 3.63) is 41.0 Å². The van der Waals surface area contributed by atoms with Crippen LogP contribution in [-0.4, -0.2) is 46.8 Å². The number of methoxy groups -OCH3 is 4.